The second-order valence-electron chi connectivity index (χ2n) is 4.01. The first-order valence-corrected chi connectivity index (χ1v) is 5.27. The monoisotopic (exact) mass is 190 g/mol. The number of pyridine rings is 1. The Balaban J connectivity index is 1.77. The molecular weight excluding hydrogens is 176 g/mol. The normalized spacial score (nSPS) is 30.0. The number of aromatic nitrogens is 1. The van der Waals surface area contributed by atoms with Gasteiger partial charge in [-0.15, -0.1) is 0 Å². The van der Waals surface area contributed by atoms with Crippen molar-refractivity contribution in [3.8, 4) is 5.75 Å². The molecule has 2 aliphatic heterocycles. The van der Waals surface area contributed by atoms with Crippen LogP contribution in [0.2, 0.25) is 0 Å². The van der Waals surface area contributed by atoms with E-state index in [9.17, 15) is 0 Å². The molecule has 1 saturated heterocycles. The van der Waals surface area contributed by atoms with Crippen LogP contribution in [-0.4, -0.2) is 23.7 Å². The lowest BCUT2D eigenvalue weighted by atomic mass is 10.1. The SMILES string of the molecule is c1cnc2c(c1)OC([C@@H]1CCCN1)C2. The molecule has 1 aromatic heterocycles. The van der Waals surface area contributed by atoms with Crippen molar-refractivity contribution in [1.29, 1.82) is 0 Å². The fourth-order valence-electron chi connectivity index (χ4n) is 2.33. The number of nitrogens with zero attached hydrogens (tertiary/aromatic N) is 1. The number of hydrogen-bond donors (Lipinski definition) is 1. The Bertz CT molecular complexity index is 309. The van der Waals surface area contributed by atoms with Gasteiger partial charge in [-0.3, -0.25) is 4.98 Å². The van der Waals surface area contributed by atoms with Crippen LogP contribution in [0.4, 0.5) is 0 Å². The minimum absolute atomic E-state index is 0.308. The maximum absolute atomic E-state index is 5.87. The first kappa shape index (κ1) is 8.24. The van der Waals surface area contributed by atoms with E-state index in [-0.39, 0.29) is 0 Å². The largest absolute Gasteiger partial charge is 0.486 e. The van der Waals surface area contributed by atoms with Crippen molar-refractivity contribution in [3.63, 3.8) is 0 Å². The average Bonchev–Trinajstić information content (AvgIpc) is 2.86. The van der Waals surface area contributed by atoms with Gasteiger partial charge >= 0.3 is 0 Å². The zero-order valence-electron chi connectivity index (χ0n) is 8.07. The van der Waals surface area contributed by atoms with Crippen molar-refractivity contribution in [2.45, 2.75) is 31.4 Å². The van der Waals surface area contributed by atoms with E-state index < -0.39 is 0 Å². The van der Waals surface area contributed by atoms with Crippen molar-refractivity contribution in [2.24, 2.45) is 0 Å². The summed E-state index contributed by atoms with van der Waals surface area (Å²) in [6.07, 6.45) is 5.62. The molecule has 1 fully saturated rings. The Hall–Kier alpha value is -1.09. The minimum atomic E-state index is 0.308. The molecule has 0 aliphatic carbocycles. The Kier molecular flexibility index (Phi) is 1.91. The smallest absolute Gasteiger partial charge is 0.141 e. The third kappa shape index (κ3) is 1.28. The molecule has 1 aromatic rings. The summed E-state index contributed by atoms with van der Waals surface area (Å²) in [6, 6.07) is 4.48. The first-order valence-electron chi connectivity index (χ1n) is 5.27. The summed E-state index contributed by atoms with van der Waals surface area (Å²) in [5.41, 5.74) is 1.12. The lowest BCUT2D eigenvalue weighted by Crippen LogP contribution is -2.37. The summed E-state index contributed by atoms with van der Waals surface area (Å²) in [6.45, 7) is 1.13. The zero-order chi connectivity index (χ0) is 9.38. The average molecular weight is 190 g/mol. The van der Waals surface area contributed by atoms with Gasteiger partial charge in [0.05, 0.1) is 5.69 Å². The van der Waals surface area contributed by atoms with E-state index in [0.29, 0.717) is 12.1 Å². The van der Waals surface area contributed by atoms with Crippen LogP contribution in [0, 0.1) is 0 Å². The van der Waals surface area contributed by atoms with Gasteiger partial charge in [-0.2, -0.15) is 0 Å². The number of nitrogens with one attached hydrogen (secondary N) is 1. The molecule has 2 atom stereocenters. The first-order chi connectivity index (χ1) is 6.93. The predicted molar refractivity (Wildman–Crippen MR) is 53.4 cm³/mol. The topological polar surface area (TPSA) is 34.1 Å². The fraction of sp³-hybridized carbons (Fsp3) is 0.545. The molecule has 0 amide bonds. The van der Waals surface area contributed by atoms with Crippen molar-refractivity contribution in [1.82, 2.24) is 10.3 Å². The summed E-state index contributed by atoms with van der Waals surface area (Å²) >= 11 is 0. The summed E-state index contributed by atoms with van der Waals surface area (Å²) in [5.74, 6) is 0.978. The van der Waals surface area contributed by atoms with Crippen LogP contribution in [0.25, 0.3) is 0 Å². The number of ether oxygens (including phenoxy) is 1. The summed E-state index contributed by atoms with van der Waals surface area (Å²) in [7, 11) is 0. The van der Waals surface area contributed by atoms with Gasteiger partial charge in [-0.05, 0) is 31.5 Å². The van der Waals surface area contributed by atoms with Gasteiger partial charge in [0.25, 0.3) is 0 Å². The molecule has 1 N–H and O–H groups in total. The Morgan fingerprint density at radius 1 is 1.50 bits per heavy atom. The maximum Gasteiger partial charge on any atom is 0.141 e. The molecule has 0 aromatic carbocycles. The molecule has 3 heteroatoms. The molecule has 0 radical (unpaired) electrons. The third-order valence-electron chi connectivity index (χ3n) is 3.07. The lowest BCUT2D eigenvalue weighted by molar-refractivity contribution is 0.188. The predicted octanol–water partition coefficient (Wildman–Crippen LogP) is 1.14. The molecule has 74 valence electrons. The van der Waals surface area contributed by atoms with Gasteiger partial charge in [-0.25, -0.2) is 0 Å². The standard InChI is InChI=1S/C11H14N2O/c1-3-8(12-5-1)11-7-9-10(14-11)4-2-6-13-9/h2,4,6,8,11-12H,1,3,5,7H2/t8-,11?/m0/s1. The van der Waals surface area contributed by atoms with E-state index >= 15 is 0 Å². The summed E-state index contributed by atoms with van der Waals surface area (Å²) in [5, 5.41) is 3.48. The zero-order valence-corrected chi connectivity index (χ0v) is 8.07. The quantitative estimate of drug-likeness (QED) is 0.721. The van der Waals surface area contributed by atoms with Crippen molar-refractivity contribution >= 4 is 0 Å². The van der Waals surface area contributed by atoms with Gasteiger partial charge < -0.3 is 10.1 Å². The highest BCUT2D eigenvalue weighted by atomic mass is 16.5. The molecule has 0 bridgehead atoms. The fourth-order valence-corrected chi connectivity index (χ4v) is 2.33. The van der Waals surface area contributed by atoms with E-state index in [4.69, 9.17) is 4.74 Å². The van der Waals surface area contributed by atoms with E-state index in [1.165, 1.54) is 12.8 Å². The van der Waals surface area contributed by atoms with Gasteiger partial charge in [0.1, 0.15) is 11.9 Å². The van der Waals surface area contributed by atoms with Gasteiger partial charge in [0.15, 0.2) is 0 Å². The van der Waals surface area contributed by atoms with E-state index in [1.807, 2.05) is 18.3 Å². The van der Waals surface area contributed by atoms with Crippen LogP contribution in [0.3, 0.4) is 0 Å². The molecular formula is C11H14N2O. The van der Waals surface area contributed by atoms with Crippen molar-refractivity contribution < 1.29 is 4.74 Å². The van der Waals surface area contributed by atoms with Crippen LogP contribution in [0.15, 0.2) is 18.3 Å². The Labute approximate surface area is 83.5 Å². The molecule has 3 heterocycles. The van der Waals surface area contributed by atoms with Gasteiger partial charge in [0.2, 0.25) is 0 Å². The lowest BCUT2D eigenvalue weighted by Gasteiger charge is -2.17. The highest BCUT2D eigenvalue weighted by Gasteiger charge is 2.32. The molecule has 3 rings (SSSR count). The number of fused-ring (bicyclic) bond motifs is 1. The molecule has 0 spiro atoms. The minimum Gasteiger partial charge on any atom is -0.486 e. The Morgan fingerprint density at radius 2 is 2.50 bits per heavy atom. The van der Waals surface area contributed by atoms with Crippen molar-refractivity contribution in [3.05, 3.63) is 24.0 Å². The van der Waals surface area contributed by atoms with E-state index in [1.54, 1.807) is 0 Å². The van der Waals surface area contributed by atoms with Gasteiger partial charge in [0, 0.05) is 18.7 Å². The van der Waals surface area contributed by atoms with Crippen LogP contribution >= 0.6 is 0 Å². The van der Waals surface area contributed by atoms with Gasteiger partial charge in [-0.1, -0.05) is 0 Å². The third-order valence-corrected chi connectivity index (χ3v) is 3.07. The summed E-state index contributed by atoms with van der Waals surface area (Å²) < 4.78 is 5.87. The highest BCUT2D eigenvalue weighted by molar-refractivity contribution is 5.32. The highest BCUT2D eigenvalue weighted by Crippen LogP contribution is 2.29. The van der Waals surface area contributed by atoms with E-state index in [0.717, 1.165) is 24.4 Å². The summed E-state index contributed by atoms with van der Waals surface area (Å²) in [4.78, 5) is 4.33. The maximum atomic E-state index is 5.87. The van der Waals surface area contributed by atoms with Crippen LogP contribution in [-0.2, 0) is 6.42 Å². The second kappa shape index (κ2) is 3.24. The molecule has 2 aliphatic rings. The van der Waals surface area contributed by atoms with Crippen LogP contribution < -0.4 is 10.1 Å². The molecule has 14 heavy (non-hydrogen) atoms. The number of hydrogen-bond acceptors (Lipinski definition) is 3. The number of rotatable bonds is 1. The van der Waals surface area contributed by atoms with Crippen LogP contribution in [0.1, 0.15) is 18.5 Å². The molecule has 3 nitrogen and oxygen atoms in total. The molecule has 0 saturated carbocycles. The molecule has 1 unspecified atom stereocenters. The van der Waals surface area contributed by atoms with Crippen molar-refractivity contribution in [2.75, 3.05) is 6.54 Å². The second-order valence-corrected chi connectivity index (χ2v) is 4.01. The Morgan fingerprint density at radius 3 is 3.29 bits per heavy atom. The van der Waals surface area contributed by atoms with Crippen LogP contribution in [0.5, 0.6) is 5.75 Å². The van der Waals surface area contributed by atoms with E-state index in [2.05, 4.69) is 10.3 Å².